The van der Waals surface area contributed by atoms with Crippen LogP contribution in [0.1, 0.15) is 34.1 Å². The fourth-order valence-corrected chi connectivity index (χ4v) is 2.60. The lowest BCUT2D eigenvalue weighted by molar-refractivity contribution is -0.144. The molecule has 6 heteroatoms. The normalized spacial score (nSPS) is 22.6. The largest absolute Gasteiger partial charge is 0.479 e. The number of carboxylic acid groups (broad SMARTS) is 1. The lowest BCUT2D eigenvalue weighted by atomic mass is 9.85. The Bertz CT molecular complexity index is 341. The summed E-state index contributed by atoms with van der Waals surface area (Å²) in [7, 11) is 0. The van der Waals surface area contributed by atoms with E-state index in [1.165, 1.54) is 0 Å². The summed E-state index contributed by atoms with van der Waals surface area (Å²) in [5.41, 5.74) is -1.28. The van der Waals surface area contributed by atoms with E-state index < -0.39 is 17.5 Å². The number of hydrogen-bond donors (Lipinski definition) is 3. The van der Waals surface area contributed by atoms with E-state index in [1.54, 1.807) is 0 Å². The highest BCUT2D eigenvalue weighted by Gasteiger charge is 2.44. The van der Waals surface area contributed by atoms with Gasteiger partial charge >= 0.3 is 12.0 Å². The highest BCUT2D eigenvalue weighted by atomic mass is 16.5. The summed E-state index contributed by atoms with van der Waals surface area (Å²) >= 11 is 0. The Labute approximate surface area is 120 Å². The average Bonchev–Trinajstić information content (AvgIpc) is 2.77. The first kappa shape index (κ1) is 16.8. The molecule has 1 rings (SSSR count). The molecular formula is C14H26N2O4. The molecule has 0 aromatic carbocycles. The SMILES string of the molecule is CC(C)C(CNC(=O)NC1(C(=O)O)CCOC1)C(C)C. The van der Waals surface area contributed by atoms with Gasteiger partial charge in [0.1, 0.15) is 0 Å². The Morgan fingerprint density at radius 1 is 1.25 bits per heavy atom. The van der Waals surface area contributed by atoms with Crippen molar-refractivity contribution in [3.05, 3.63) is 0 Å². The van der Waals surface area contributed by atoms with Gasteiger partial charge in [0.15, 0.2) is 5.54 Å². The number of ether oxygens (including phenoxy) is 1. The first-order valence-electron chi connectivity index (χ1n) is 7.15. The maximum absolute atomic E-state index is 11.9. The van der Waals surface area contributed by atoms with Crippen LogP contribution >= 0.6 is 0 Å². The predicted octanol–water partition coefficient (Wildman–Crippen LogP) is 1.46. The van der Waals surface area contributed by atoms with Crippen LogP contribution in [0.5, 0.6) is 0 Å². The van der Waals surface area contributed by atoms with Crippen LogP contribution < -0.4 is 10.6 Å². The molecule has 1 unspecified atom stereocenters. The van der Waals surface area contributed by atoms with Gasteiger partial charge in [-0.1, -0.05) is 27.7 Å². The van der Waals surface area contributed by atoms with Crippen molar-refractivity contribution in [3.63, 3.8) is 0 Å². The maximum Gasteiger partial charge on any atom is 0.332 e. The number of amides is 2. The van der Waals surface area contributed by atoms with Crippen LogP contribution in [0.15, 0.2) is 0 Å². The monoisotopic (exact) mass is 286 g/mol. The fraction of sp³-hybridized carbons (Fsp3) is 0.857. The smallest absolute Gasteiger partial charge is 0.332 e. The molecule has 1 saturated heterocycles. The first-order chi connectivity index (χ1) is 9.28. The van der Waals surface area contributed by atoms with Crippen LogP contribution in [-0.4, -0.2) is 42.4 Å². The molecule has 20 heavy (non-hydrogen) atoms. The summed E-state index contributed by atoms with van der Waals surface area (Å²) in [6, 6.07) is -0.441. The molecule has 0 aromatic rings. The zero-order chi connectivity index (χ0) is 15.3. The second-order valence-corrected chi connectivity index (χ2v) is 6.18. The molecule has 2 amide bonds. The van der Waals surface area contributed by atoms with Gasteiger partial charge in [-0.25, -0.2) is 9.59 Å². The van der Waals surface area contributed by atoms with Gasteiger partial charge < -0.3 is 20.5 Å². The Balaban J connectivity index is 2.52. The van der Waals surface area contributed by atoms with E-state index in [9.17, 15) is 14.7 Å². The van der Waals surface area contributed by atoms with Crippen molar-refractivity contribution in [2.75, 3.05) is 19.8 Å². The van der Waals surface area contributed by atoms with Crippen molar-refractivity contribution in [2.45, 2.75) is 39.7 Å². The molecule has 0 radical (unpaired) electrons. The van der Waals surface area contributed by atoms with Crippen LogP contribution in [-0.2, 0) is 9.53 Å². The summed E-state index contributed by atoms with van der Waals surface area (Å²) in [5.74, 6) is 0.230. The number of nitrogens with one attached hydrogen (secondary N) is 2. The van der Waals surface area contributed by atoms with Crippen molar-refractivity contribution in [1.29, 1.82) is 0 Å². The summed E-state index contributed by atoms with van der Waals surface area (Å²) in [6.07, 6.45) is 0.299. The predicted molar refractivity (Wildman–Crippen MR) is 75.5 cm³/mol. The van der Waals surface area contributed by atoms with Crippen LogP contribution in [0.25, 0.3) is 0 Å². The van der Waals surface area contributed by atoms with Crippen molar-refractivity contribution in [1.82, 2.24) is 10.6 Å². The number of hydrogen-bond acceptors (Lipinski definition) is 3. The molecule has 116 valence electrons. The number of carbonyl (C=O) groups excluding carboxylic acids is 1. The molecule has 0 aliphatic carbocycles. The number of urea groups is 1. The van der Waals surface area contributed by atoms with Gasteiger partial charge in [0.25, 0.3) is 0 Å². The van der Waals surface area contributed by atoms with Gasteiger partial charge in [-0.3, -0.25) is 0 Å². The van der Waals surface area contributed by atoms with E-state index in [4.69, 9.17) is 4.74 Å². The van der Waals surface area contributed by atoms with Crippen molar-refractivity contribution < 1.29 is 19.4 Å². The summed E-state index contributed by atoms with van der Waals surface area (Å²) < 4.78 is 5.10. The molecule has 3 N–H and O–H groups in total. The first-order valence-corrected chi connectivity index (χ1v) is 7.15. The van der Waals surface area contributed by atoms with Crippen molar-refractivity contribution in [3.8, 4) is 0 Å². The Morgan fingerprint density at radius 2 is 1.85 bits per heavy atom. The Hall–Kier alpha value is -1.30. The van der Waals surface area contributed by atoms with Gasteiger partial charge in [0.2, 0.25) is 0 Å². The highest BCUT2D eigenvalue weighted by Crippen LogP contribution is 2.20. The van der Waals surface area contributed by atoms with Crippen LogP contribution in [0.2, 0.25) is 0 Å². The number of rotatable bonds is 6. The van der Waals surface area contributed by atoms with Gasteiger partial charge in [-0.2, -0.15) is 0 Å². The van der Waals surface area contributed by atoms with Gasteiger partial charge in [0, 0.05) is 19.6 Å². The third-order valence-electron chi connectivity index (χ3n) is 3.99. The third kappa shape index (κ3) is 4.10. The van der Waals surface area contributed by atoms with E-state index in [0.717, 1.165) is 0 Å². The molecule has 0 bridgehead atoms. The minimum Gasteiger partial charge on any atom is -0.479 e. The molecule has 0 aromatic heterocycles. The standard InChI is InChI=1S/C14H26N2O4/c1-9(2)11(10(3)4)7-15-13(19)16-14(12(17)18)5-6-20-8-14/h9-11H,5-8H2,1-4H3,(H,17,18)(H2,15,16,19). The number of aliphatic carboxylic acids is 1. The fourth-order valence-electron chi connectivity index (χ4n) is 2.60. The van der Waals surface area contributed by atoms with E-state index in [2.05, 4.69) is 38.3 Å². The van der Waals surface area contributed by atoms with E-state index in [0.29, 0.717) is 37.3 Å². The molecule has 1 atom stereocenters. The topological polar surface area (TPSA) is 87.7 Å². The van der Waals surface area contributed by atoms with E-state index in [1.807, 2.05) is 0 Å². The number of carbonyl (C=O) groups is 2. The zero-order valence-corrected chi connectivity index (χ0v) is 12.7. The van der Waals surface area contributed by atoms with E-state index >= 15 is 0 Å². The molecular weight excluding hydrogens is 260 g/mol. The molecule has 1 aliphatic heterocycles. The second-order valence-electron chi connectivity index (χ2n) is 6.18. The van der Waals surface area contributed by atoms with Gasteiger partial charge in [0.05, 0.1) is 6.61 Å². The van der Waals surface area contributed by atoms with Crippen molar-refractivity contribution in [2.24, 2.45) is 17.8 Å². The third-order valence-corrected chi connectivity index (χ3v) is 3.99. The minimum atomic E-state index is -1.28. The summed E-state index contributed by atoms with van der Waals surface area (Å²) in [4.78, 5) is 23.2. The molecule has 0 saturated carbocycles. The highest BCUT2D eigenvalue weighted by molar-refractivity contribution is 5.86. The van der Waals surface area contributed by atoms with Crippen LogP contribution in [0.4, 0.5) is 4.79 Å². The molecule has 0 spiro atoms. The van der Waals surface area contributed by atoms with Crippen LogP contribution in [0.3, 0.4) is 0 Å². The minimum absolute atomic E-state index is 0.0214. The average molecular weight is 286 g/mol. The Morgan fingerprint density at radius 3 is 2.25 bits per heavy atom. The summed E-state index contributed by atoms with van der Waals surface area (Å²) in [5, 5.41) is 14.6. The summed E-state index contributed by atoms with van der Waals surface area (Å²) in [6.45, 7) is 9.39. The molecule has 6 nitrogen and oxygen atoms in total. The molecule has 1 fully saturated rings. The lowest BCUT2D eigenvalue weighted by Gasteiger charge is -2.27. The lowest BCUT2D eigenvalue weighted by Crippen LogP contribution is -2.58. The van der Waals surface area contributed by atoms with Gasteiger partial charge in [-0.05, 0) is 17.8 Å². The zero-order valence-electron chi connectivity index (χ0n) is 12.7. The maximum atomic E-state index is 11.9. The molecule has 1 heterocycles. The van der Waals surface area contributed by atoms with Crippen LogP contribution in [0, 0.1) is 17.8 Å². The van der Waals surface area contributed by atoms with E-state index in [-0.39, 0.29) is 6.61 Å². The second kappa shape index (κ2) is 6.92. The Kier molecular flexibility index (Phi) is 5.80. The van der Waals surface area contributed by atoms with Gasteiger partial charge in [-0.15, -0.1) is 0 Å². The van der Waals surface area contributed by atoms with Crippen molar-refractivity contribution >= 4 is 12.0 Å². The quantitative estimate of drug-likeness (QED) is 0.690. The number of carboxylic acids is 1. The molecule has 1 aliphatic rings.